The van der Waals surface area contributed by atoms with Gasteiger partial charge in [-0.3, -0.25) is 9.97 Å². The number of nitrogens with zero attached hydrogens (tertiary/aromatic N) is 4. The third kappa shape index (κ3) is 3.53. The van der Waals surface area contributed by atoms with Crippen molar-refractivity contribution in [3.63, 3.8) is 0 Å². The minimum absolute atomic E-state index is 0.532. The van der Waals surface area contributed by atoms with Crippen molar-refractivity contribution in [2.24, 2.45) is 0 Å². The van der Waals surface area contributed by atoms with Crippen molar-refractivity contribution in [3.05, 3.63) is 174 Å². The lowest BCUT2D eigenvalue weighted by molar-refractivity contribution is 0.719. The molecule has 47 heavy (non-hydrogen) atoms. The second-order valence-electron chi connectivity index (χ2n) is 12.1. The maximum Gasteiger partial charge on any atom is 0.0991 e. The summed E-state index contributed by atoms with van der Waals surface area (Å²) >= 11 is 1.83. The van der Waals surface area contributed by atoms with Gasteiger partial charge in [-0.05, 0) is 89.0 Å². The van der Waals surface area contributed by atoms with E-state index in [4.69, 9.17) is 9.97 Å². The highest BCUT2D eigenvalue weighted by Gasteiger charge is 2.51. The molecule has 218 valence electrons. The smallest absolute Gasteiger partial charge is 0.0991 e. The molecule has 0 amide bonds. The fourth-order valence-corrected chi connectivity index (χ4v) is 9.03. The number of benzene rings is 5. The molecule has 8 aromatic rings. The molecular weight excluding hydrogens is 593 g/mol. The van der Waals surface area contributed by atoms with Gasteiger partial charge in [0.05, 0.1) is 39.5 Å². The summed E-state index contributed by atoms with van der Waals surface area (Å²) in [6.07, 6.45) is 3.86. The van der Waals surface area contributed by atoms with Gasteiger partial charge in [-0.1, -0.05) is 78.5 Å². The van der Waals surface area contributed by atoms with Crippen molar-refractivity contribution in [1.29, 1.82) is 5.26 Å². The van der Waals surface area contributed by atoms with E-state index in [-0.39, 0.29) is 0 Å². The number of hydrogen-bond acceptors (Lipinski definition) is 4. The molecule has 4 heterocycles. The van der Waals surface area contributed by atoms with Gasteiger partial charge in [0, 0.05) is 49.8 Å². The molecule has 4 nitrogen and oxygen atoms in total. The van der Waals surface area contributed by atoms with Crippen LogP contribution in [0.3, 0.4) is 0 Å². The van der Waals surface area contributed by atoms with Gasteiger partial charge in [0.15, 0.2) is 0 Å². The molecule has 0 saturated heterocycles. The summed E-state index contributed by atoms with van der Waals surface area (Å²) in [5.41, 5.74) is 12.2. The van der Waals surface area contributed by atoms with E-state index in [1.54, 1.807) is 0 Å². The summed E-state index contributed by atoms with van der Waals surface area (Å²) in [6.45, 7) is 0. The molecule has 1 aliphatic carbocycles. The fourth-order valence-electron chi connectivity index (χ4n) is 7.84. The van der Waals surface area contributed by atoms with E-state index in [0.717, 1.165) is 55.6 Å². The second kappa shape index (κ2) is 9.77. The standard InChI is InChI=1S/C42H24N4S/c43-24-26-16-18-36-30(21-26)31-22-27(17-19-37(31)46(36)29-9-2-1-3-10-29)28-23-35-41(45-25-28)40-34(13-8-20-44-40)42(35)32-11-4-6-14-38(32)47-39-15-7-5-12-33(39)42/h1-23,25H. The average molecular weight is 617 g/mol. The summed E-state index contributed by atoms with van der Waals surface area (Å²) in [5.74, 6) is 0. The number of pyridine rings is 2. The summed E-state index contributed by atoms with van der Waals surface area (Å²) in [7, 11) is 0. The van der Waals surface area contributed by atoms with Gasteiger partial charge < -0.3 is 4.57 Å². The second-order valence-corrected chi connectivity index (χ2v) is 13.2. The highest BCUT2D eigenvalue weighted by molar-refractivity contribution is 7.99. The Balaban J connectivity index is 1.25. The summed E-state index contributed by atoms with van der Waals surface area (Å²) < 4.78 is 2.28. The van der Waals surface area contributed by atoms with Crippen LogP contribution in [0.2, 0.25) is 0 Å². The molecule has 5 aromatic carbocycles. The highest BCUT2D eigenvalue weighted by Crippen LogP contribution is 2.61. The van der Waals surface area contributed by atoms with E-state index in [2.05, 4.69) is 120 Å². The Labute approximate surface area is 275 Å². The Kier molecular flexibility index (Phi) is 5.46. The number of rotatable bonds is 2. The monoisotopic (exact) mass is 616 g/mol. The van der Waals surface area contributed by atoms with Crippen molar-refractivity contribution in [3.8, 4) is 34.3 Å². The quantitative estimate of drug-likeness (QED) is 0.194. The summed E-state index contributed by atoms with van der Waals surface area (Å²) in [5, 5.41) is 11.9. The maximum atomic E-state index is 9.78. The predicted octanol–water partition coefficient (Wildman–Crippen LogP) is 9.94. The minimum atomic E-state index is -0.532. The van der Waals surface area contributed by atoms with Gasteiger partial charge in [-0.15, -0.1) is 0 Å². The molecule has 0 fully saturated rings. The molecule has 2 aliphatic rings. The van der Waals surface area contributed by atoms with Crippen molar-refractivity contribution in [2.45, 2.75) is 15.2 Å². The molecule has 0 N–H and O–H groups in total. The molecule has 3 aromatic heterocycles. The number of nitriles is 1. The van der Waals surface area contributed by atoms with Gasteiger partial charge in [0.2, 0.25) is 0 Å². The van der Waals surface area contributed by atoms with Crippen LogP contribution in [0.4, 0.5) is 0 Å². The molecule has 0 bridgehead atoms. The van der Waals surface area contributed by atoms with E-state index >= 15 is 0 Å². The van der Waals surface area contributed by atoms with Gasteiger partial charge in [-0.2, -0.15) is 5.26 Å². The SMILES string of the molecule is N#Cc1ccc2c(c1)c1cc(-c3cnc4c(c3)C3(c5ccccc5Sc5ccccc53)c3cccnc3-4)ccc1n2-c1ccccc1. The van der Waals surface area contributed by atoms with Crippen molar-refractivity contribution in [2.75, 3.05) is 0 Å². The lowest BCUT2D eigenvalue weighted by atomic mass is 9.67. The minimum Gasteiger partial charge on any atom is -0.309 e. The van der Waals surface area contributed by atoms with Crippen LogP contribution >= 0.6 is 11.8 Å². The van der Waals surface area contributed by atoms with Crippen molar-refractivity contribution in [1.82, 2.24) is 14.5 Å². The topological polar surface area (TPSA) is 54.5 Å². The molecule has 10 rings (SSSR count). The van der Waals surface area contributed by atoms with Crippen LogP contribution in [0, 0.1) is 11.3 Å². The van der Waals surface area contributed by atoms with Crippen LogP contribution in [0.15, 0.2) is 156 Å². The summed E-state index contributed by atoms with van der Waals surface area (Å²) in [6, 6.07) is 49.5. The number of para-hydroxylation sites is 1. The first-order chi connectivity index (χ1) is 23.3. The van der Waals surface area contributed by atoms with Crippen LogP contribution in [-0.2, 0) is 5.41 Å². The normalized spacial score (nSPS) is 13.6. The Hall–Kier alpha value is -5.96. The molecule has 0 unspecified atom stereocenters. The molecule has 0 atom stereocenters. The first-order valence-electron chi connectivity index (χ1n) is 15.6. The number of hydrogen-bond donors (Lipinski definition) is 0. The molecule has 0 radical (unpaired) electrons. The zero-order chi connectivity index (χ0) is 31.1. The van der Waals surface area contributed by atoms with E-state index in [9.17, 15) is 5.26 Å². The first-order valence-corrected chi connectivity index (χ1v) is 16.4. The van der Waals surface area contributed by atoms with Gasteiger partial charge in [-0.25, -0.2) is 0 Å². The lowest BCUT2D eigenvalue weighted by Gasteiger charge is -2.39. The summed E-state index contributed by atoms with van der Waals surface area (Å²) in [4.78, 5) is 12.6. The van der Waals surface area contributed by atoms with Gasteiger partial charge >= 0.3 is 0 Å². The third-order valence-electron chi connectivity index (χ3n) is 9.77. The number of aromatic nitrogens is 3. The molecule has 1 spiro atoms. The zero-order valence-corrected chi connectivity index (χ0v) is 25.9. The van der Waals surface area contributed by atoms with E-state index in [0.29, 0.717) is 5.56 Å². The highest BCUT2D eigenvalue weighted by atomic mass is 32.2. The van der Waals surface area contributed by atoms with Crippen LogP contribution in [0.5, 0.6) is 0 Å². The van der Waals surface area contributed by atoms with Crippen LogP contribution in [0.1, 0.15) is 27.8 Å². The maximum absolute atomic E-state index is 9.78. The van der Waals surface area contributed by atoms with Crippen LogP contribution in [-0.4, -0.2) is 14.5 Å². The molecule has 1 aliphatic heterocycles. The first kappa shape index (κ1) is 26.3. The number of fused-ring (bicyclic) bond motifs is 12. The van der Waals surface area contributed by atoms with Crippen LogP contribution in [0.25, 0.3) is 50.0 Å². The van der Waals surface area contributed by atoms with E-state index in [1.165, 1.54) is 26.5 Å². The van der Waals surface area contributed by atoms with Crippen molar-refractivity contribution >= 4 is 33.6 Å². The Bertz CT molecular complexity index is 2580. The van der Waals surface area contributed by atoms with Gasteiger partial charge in [0.1, 0.15) is 0 Å². The predicted molar refractivity (Wildman–Crippen MR) is 188 cm³/mol. The lowest BCUT2D eigenvalue weighted by Crippen LogP contribution is -2.32. The van der Waals surface area contributed by atoms with E-state index in [1.807, 2.05) is 48.4 Å². The van der Waals surface area contributed by atoms with Crippen LogP contribution < -0.4 is 0 Å². The molecular formula is C42H24N4S. The Morgan fingerprint density at radius 2 is 1.23 bits per heavy atom. The Morgan fingerprint density at radius 1 is 0.574 bits per heavy atom. The zero-order valence-electron chi connectivity index (χ0n) is 25.1. The van der Waals surface area contributed by atoms with Gasteiger partial charge in [0.25, 0.3) is 0 Å². The van der Waals surface area contributed by atoms with E-state index < -0.39 is 5.41 Å². The third-order valence-corrected chi connectivity index (χ3v) is 10.9. The average Bonchev–Trinajstić information content (AvgIpc) is 3.62. The largest absolute Gasteiger partial charge is 0.309 e. The molecule has 5 heteroatoms. The fraction of sp³-hybridized carbons (Fsp3) is 0.0238. The molecule has 0 saturated carbocycles. The Morgan fingerprint density at radius 3 is 2.00 bits per heavy atom. The van der Waals surface area contributed by atoms with Crippen molar-refractivity contribution < 1.29 is 0 Å².